The lowest BCUT2D eigenvalue weighted by atomic mass is 10.1. The van der Waals surface area contributed by atoms with Crippen LogP contribution < -0.4 is 10.1 Å². The zero-order chi connectivity index (χ0) is 14.7. The fraction of sp³-hybridized carbons (Fsp3) is 0.0714. The number of ether oxygens (including phenoxy) is 1. The fourth-order valence-corrected chi connectivity index (χ4v) is 1.62. The third kappa shape index (κ3) is 2.52. The third-order valence-electron chi connectivity index (χ3n) is 2.65. The van der Waals surface area contributed by atoms with E-state index in [9.17, 15) is 13.2 Å². The molecule has 0 aromatic heterocycles. The average molecular weight is 278 g/mol. The molecule has 0 heterocycles. The van der Waals surface area contributed by atoms with Gasteiger partial charge in [-0.1, -0.05) is 0 Å². The van der Waals surface area contributed by atoms with Crippen LogP contribution in [0, 0.1) is 28.8 Å². The van der Waals surface area contributed by atoms with Crippen molar-refractivity contribution in [3.05, 3.63) is 53.3 Å². The van der Waals surface area contributed by atoms with Gasteiger partial charge in [0.05, 0.1) is 24.0 Å². The first-order valence-electron chi connectivity index (χ1n) is 5.55. The zero-order valence-corrected chi connectivity index (χ0v) is 10.4. The number of halogens is 3. The van der Waals surface area contributed by atoms with Crippen LogP contribution in [0.1, 0.15) is 5.56 Å². The second-order valence-corrected chi connectivity index (χ2v) is 3.87. The maximum absolute atomic E-state index is 13.6. The zero-order valence-electron chi connectivity index (χ0n) is 10.4. The van der Waals surface area contributed by atoms with E-state index in [1.165, 1.54) is 19.2 Å². The lowest BCUT2D eigenvalue weighted by molar-refractivity contribution is 0.415. The van der Waals surface area contributed by atoms with Gasteiger partial charge in [0.1, 0.15) is 11.8 Å². The summed E-state index contributed by atoms with van der Waals surface area (Å²) in [5, 5.41) is 11.5. The van der Waals surface area contributed by atoms with Crippen molar-refractivity contribution in [1.82, 2.24) is 0 Å². The highest BCUT2D eigenvalue weighted by Gasteiger charge is 2.14. The summed E-state index contributed by atoms with van der Waals surface area (Å²) in [5.74, 6) is -3.76. The van der Waals surface area contributed by atoms with Gasteiger partial charge in [0.15, 0.2) is 17.5 Å². The van der Waals surface area contributed by atoms with Crippen LogP contribution in [0.25, 0.3) is 0 Å². The van der Waals surface area contributed by atoms with Crippen molar-refractivity contribution in [1.29, 1.82) is 5.26 Å². The maximum atomic E-state index is 13.6. The highest BCUT2D eigenvalue weighted by molar-refractivity contribution is 5.68. The predicted octanol–water partition coefficient (Wildman–Crippen LogP) is 3.73. The largest absolute Gasteiger partial charge is 0.497 e. The molecule has 2 aromatic carbocycles. The minimum atomic E-state index is -1.57. The van der Waals surface area contributed by atoms with E-state index >= 15 is 0 Å². The van der Waals surface area contributed by atoms with Crippen LogP contribution in [0.4, 0.5) is 24.5 Å². The van der Waals surface area contributed by atoms with Gasteiger partial charge in [0.25, 0.3) is 0 Å². The summed E-state index contributed by atoms with van der Waals surface area (Å²) in [5.41, 5.74) is 0.181. The lowest BCUT2D eigenvalue weighted by Gasteiger charge is -2.11. The third-order valence-corrected chi connectivity index (χ3v) is 2.65. The highest BCUT2D eigenvalue weighted by atomic mass is 19.2. The van der Waals surface area contributed by atoms with E-state index < -0.39 is 17.5 Å². The Kier molecular flexibility index (Phi) is 3.80. The Labute approximate surface area is 113 Å². The molecule has 2 aromatic rings. The van der Waals surface area contributed by atoms with Crippen molar-refractivity contribution in [2.45, 2.75) is 0 Å². The van der Waals surface area contributed by atoms with Gasteiger partial charge in [-0.05, 0) is 24.3 Å². The molecule has 0 aliphatic rings. The highest BCUT2D eigenvalue weighted by Crippen LogP contribution is 2.28. The van der Waals surface area contributed by atoms with Crippen molar-refractivity contribution < 1.29 is 17.9 Å². The SMILES string of the molecule is COc1ccc(C#N)c(Nc2ccc(F)c(F)c2F)c1. The Bertz CT molecular complexity index is 696. The molecule has 3 nitrogen and oxygen atoms in total. The minimum Gasteiger partial charge on any atom is -0.497 e. The van der Waals surface area contributed by atoms with Crippen molar-refractivity contribution >= 4 is 11.4 Å². The second kappa shape index (κ2) is 5.53. The van der Waals surface area contributed by atoms with E-state index in [0.29, 0.717) is 5.75 Å². The van der Waals surface area contributed by atoms with E-state index in [2.05, 4.69) is 5.32 Å². The molecule has 0 aliphatic heterocycles. The normalized spacial score (nSPS) is 9.95. The Balaban J connectivity index is 2.44. The molecule has 20 heavy (non-hydrogen) atoms. The molecule has 0 spiro atoms. The van der Waals surface area contributed by atoms with Gasteiger partial charge in [0, 0.05) is 6.07 Å². The Morgan fingerprint density at radius 3 is 2.45 bits per heavy atom. The number of anilines is 2. The summed E-state index contributed by atoms with van der Waals surface area (Å²) in [6.45, 7) is 0. The van der Waals surface area contributed by atoms with E-state index in [-0.39, 0.29) is 16.9 Å². The molecule has 0 saturated heterocycles. The monoisotopic (exact) mass is 278 g/mol. The molecule has 0 amide bonds. The average Bonchev–Trinajstić information content (AvgIpc) is 2.47. The standard InChI is InChI=1S/C14H9F3N2O/c1-20-9-3-2-8(7-18)12(6-9)19-11-5-4-10(15)13(16)14(11)17/h2-6,19H,1H3. The minimum absolute atomic E-state index is 0.218. The van der Waals surface area contributed by atoms with Crippen molar-refractivity contribution in [3.8, 4) is 11.8 Å². The van der Waals surface area contributed by atoms with E-state index in [1.54, 1.807) is 6.07 Å². The van der Waals surface area contributed by atoms with Crippen molar-refractivity contribution in [3.63, 3.8) is 0 Å². The first kappa shape index (κ1) is 13.7. The molecule has 102 valence electrons. The number of rotatable bonds is 3. The van der Waals surface area contributed by atoms with Gasteiger partial charge in [-0.15, -0.1) is 0 Å². The molecule has 0 fully saturated rings. The first-order chi connectivity index (χ1) is 9.56. The number of nitrogens with zero attached hydrogens (tertiary/aromatic N) is 1. The summed E-state index contributed by atoms with van der Waals surface area (Å²) in [6.07, 6.45) is 0. The van der Waals surface area contributed by atoms with Crippen LogP contribution in [-0.2, 0) is 0 Å². The predicted molar refractivity (Wildman–Crippen MR) is 67.3 cm³/mol. The van der Waals surface area contributed by atoms with Crippen LogP contribution in [-0.4, -0.2) is 7.11 Å². The van der Waals surface area contributed by atoms with Crippen LogP contribution in [0.3, 0.4) is 0 Å². The van der Waals surface area contributed by atoms with E-state index in [0.717, 1.165) is 12.1 Å². The van der Waals surface area contributed by atoms with Gasteiger partial charge < -0.3 is 10.1 Å². The maximum Gasteiger partial charge on any atom is 0.196 e. The summed E-state index contributed by atoms with van der Waals surface area (Å²) in [4.78, 5) is 0. The van der Waals surface area contributed by atoms with E-state index in [1.807, 2.05) is 6.07 Å². The number of hydrogen-bond acceptors (Lipinski definition) is 3. The second-order valence-electron chi connectivity index (χ2n) is 3.87. The van der Waals surface area contributed by atoms with E-state index in [4.69, 9.17) is 10.00 Å². The molecule has 0 radical (unpaired) electrons. The number of methoxy groups -OCH3 is 1. The molecular formula is C14H9F3N2O. The Hall–Kier alpha value is -2.68. The summed E-state index contributed by atoms with van der Waals surface area (Å²) in [7, 11) is 1.43. The van der Waals surface area contributed by atoms with Crippen molar-refractivity contribution in [2.24, 2.45) is 0 Å². The number of nitriles is 1. The smallest absolute Gasteiger partial charge is 0.196 e. The molecular weight excluding hydrogens is 269 g/mol. The van der Waals surface area contributed by atoms with Gasteiger partial charge >= 0.3 is 0 Å². The summed E-state index contributed by atoms with van der Waals surface area (Å²) < 4.78 is 44.6. The molecule has 0 unspecified atom stereocenters. The van der Waals surface area contributed by atoms with Gasteiger partial charge in [-0.3, -0.25) is 0 Å². The number of hydrogen-bond donors (Lipinski definition) is 1. The van der Waals surface area contributed by atoms with Crippen LogP contribution in [0.5, 0.6) is 5.75 Å². The first-order valence-corrected chi connectivity index (χ1v) is 5.55. The number of nitrogens with one attached hydrogen (secondary N) is 1. The van der Waals surface area contributed by atoms with Crippen LogP contribution in [0.2, 0.25) is 0 Å². The molecule has 0 saturated carbocycles. The Morgan fingerprint density at radius 2 is 1.80 bits per heavy atom. The number of benzene rings is 2. The quantitative estimate of drug-likeness (QED) is 0.870. The van der Waals surface area contributed by atoms with Gasteiger partial charge in [-0.2, -0.15) is 5.26 Å². The van der Waals surface area contributed by atoms with Gasteiger partial charge in [0.2, 0.25) is 0 Å². The molecule has 0 bridgehead atoms. The van der Waals surface area contributed by atoms with Crippen molar-refractivity contribution in [2.75, 3.05) is 12.4 Å². The molecule has 0 aliphatic carbocycles. The summed E-state index contributed by atoms with van der Waals surface area (Å²) >= 11 is 0. The van der Waals surface area contributed by atoms with Crippen LogP contribution in [0.15, 0.2) is 30.3 Å². The fourth-order valence-electron chi connectivity index (χ4n) is 1.62. The molecule has 1 N–H and O–H groups in total. The summed E-state index contributed by atoms with van der Waals surface area (Å²) in [6, 6.07) is 8.24. The van der Waals surface area contributed by atoms with Gasteiger partial charge in [-0.25, -0.2) is 13.2 Å². The topological polar surface area (TPSA) is 45.0 Å². The molecule has 6 heteroatoms. The molecule has 2 rings (SSSR count). The Morgan fingerprint density at radius 1 is 1.05 bits per heavy atom. The molecule has 0 atom stereocenters. The van der Waals surface area contributed by atoms with Crippen LogP contribution >= 0.6 is 0 Å². The lowest BCUT2D eigenvalue weighted by Crippen LogP contribution is -2.00.